The summed E-state index contributed by atoms with van der Waals surface area (Å²) < 4.78 is 6.25. The van der Waals surface area contributed by atoms with Crippen LogP contribution in [0.5, 0.6) is 0 Å². The van der Waals surface area contributed by atoms with Crippen molar-refractivity contribution in [2.24, 2.45) is 5.73 Å². The van der Waals surface area contributed by atoms with Gasteiger partial charge in [-0.1, -0.05) is 47.1 Å². The molecule has 0 amide bonds. The second kappa shape index (κ2) is 5.63. The molecule has 1 aromatic heterocycles. The third-order valence-corrected chi connectivity index (χ3v) is 3.75. The van der Waals surface area contributed by atoms with Gasteiger partial charge in [0.2, 0.25) is 11.7 Å². The molecule has 0 saturated carbocycles. The van der Waals surface area contributed by atoms with Crippen molar-refractivity contribution in [1.82, 2.24) is 10.1 Å². The summed E-state index contributed by atoms with van der Waals surface area (Å²) in [7, 11) is 0. The average molecular weight is 310 g/mol. The van der Waals surface area contributed by atoms with Crippen molar-refractivity contribution in [3.8, 4) is 11.4 Å². The van der Waals surface area contributed by atoms with Gasteiger partial charge in [0.25, 0.3) is 0 Å². The molecule has 96 valence electrons. The maximum atomic E-state index is 5.99. The summed E-state index contributed by atoms with van der Waals surface area (Å²) in [5.74, 6) is 1.25. The highest BCUT2D eigenvalue weighted by Crippen LogP contribution is 2.27. The lowest BCUT2D eigenvalue weighted by atomic mass is 10.0. The summed E-state index contributed by atoms with van der Waals surface area (Å²) in [5.41, 5.74) is 6.91. The van der Waals surface area contributed by atoms with Gasteiger partial charge >= 0.3 is 0 Å². The lowest BCUT2D eigenvalue weighted by Gasteiger charge is -2.13. The Balaban J connectivity index is 2.29. The van der Waals surface area contributed by atoms with Crippen molar-refractivity contribution in [3.05, 3.63) is 34.6 Å². The van der Waals surface area contributed by atoms with Crippen LogP contribution in [0.2, 0.25) is 0 Å². The standard InChI is InChI=1S/C13H16BrN3O/c1-3-11(15)8(2)13-16-12(17-18-13)9-6-4-5-7-10(9)14/h4-8,11H,3,15H2,1-2H3. The van der Waals surface area contributed by atoms with E-state index in [2.05, 4.69) is 26.1 Å². The molecule has 0 spiro atoms. The van der Waals surface area contributed by atoms with E-state index in [4.69, 9.17) is 10.3 Å². The number of benzene rings is 1. The van der Waals surface area contributed by atoms with Gasteiger partial charge in [-0.3, -0.25) is 0 Å². The van der Waals surface area contributed by atoms with Crippen molar-refractivity contribution in [1.29, 1.82) is 0 Å². The molecule has 4 nitrogen and oxygen atoms in total. The van der Waals surface area contributed by atoms with Crippen molar-refractivity contribution >= 4 is 15.9 Å². The van der Waals surface area contributed by atoms with E-state index < -0.39 is 0 Å². The molecule has 0 aliphatic heterocycles. The summed E-state index contributed by atoms with van der Waals surface area (Å²) in [6, 6.07) is 7.83. The van der Waals surface area contributed by atoms with E-state index in [9.17, 15) is 0 Å². The predicted octanol–water partition coefficient (Wildman–Crippen LogP) is 3.34. The molecule has 1 aromatic carbocycles. The predicted molar refractivity (Wildman–Crippen MR) is 74.1 cm³/mol. The molecule has 0 bridgehead atoms. The quantitative estimate of drug-likeness (QED) is 0.940. The van der Waals surface area contributed by atoms with Crippen molar-refractivity contribution < 1.29 is 4.52 Å². The Labute approximate surface area is 115 Å². The molecule has 18 heavy (non-hydrogen) atoms. The van der Waals surface area contributed by atoms with Crippen LogP contribution >= 0.6 is 15.9 Å². The third-order valence-electron chi connectivity index (χ3n) is 3.06. The minimum absolute atomic E-state index is 0.0394. The van der Waals surface area contributed by atoms with Crippen LogP contribution in [0, 0.1) is 0 Å². The number of aromatic nitrogens is 2. The largest absolute Gasteiger partial charge is 0.339 e. The molecule has 5 heteroatoms. The highest BCUT2D eigenvalue weighted by molar-refractivity contribution is 9.10. The fourth-order valence-electron chi connectivity index (χ4n) is 1.71. The Morgan fingerprint density at radius 2 is 2.11 bits per heavy atom. The molecule has 2 unspecified atom stereocenters. The molecular weight excluding hydrogens is 294 g/mol. The SMILES string of the molecule is CCC(N)C(C)c1nc(-c2ccccc2Br)no1. The molecule has 1 heterocycles. The van der Waals surface area contributed by atoms with Gasteiger partial charge in [0.15, 0.2) is 0 Å². The van der Waals surface area contributed by atoms with E-state index in [0.717, 1.165) is 16.5 Å². The van der Waals surface area contributed by atoms with Crippen LogP contribution in [0.1, 0.15) is 32.1 Å². The number of rotatable bonds is 4. The minimum atomic E-state index is 0.0394. The third kappa shape index (κ3) is 2.62. The first-order chi connectivity index (χ1) is 8.63. The average Bonchev–Trinajstić information content (AvgIpc) is 2.87. The van der Waals surface area contributed by atoms with Gasteiger partial charge in [-0.25, -0.2) is 0 Å². The fraction of sp³-hybridized carbons (Fsp3) is 0.385. The lowest BCUT2D eigenvalue weighted by Crippen LogP contribution is -2.25. The van der Waals surface area contributed by atoms with Gasteiger partial charge in [0, 0.05) is 16.1 Å². The molecule has 2 aromatic rings. The maximum absolute atomic E-state index is 5.99. The molecule has 0 aliphatic carbocycles. The van der Waals surface area contributed by atoms with Crippen LogP contribution in [0.4, 0.5) is 0 Å². The molecule has 0 saturated heterocycles. The van der Waals surface area contributed by atoms with E-state index in [-0.39, 0.29) is 12.0 Å². The number of hydrogen-bond acceptors (Lipinski definition) is 4. The van der Waals surface area contributed by atoms with E-state index in [1.54, 1.807) is 0 Å². The second-order valence-corrected chi connectivity index (χ2v) is 5.15. The normalized spacial score (nSPS) is 14.4. The van der Waals surface area contributed by atoms with Crippen LogP contribution in [0.15, 0.2) is 33.3 Å². The second-order valence-electron chi connectivity index (χ2n) is 4.30. The van der Waals surface area contributed by atoms with Crippen LogP contribution in [0.3, 0.4) is 0 Å². The fourth-order valence-corrected chi connectivity index (χ4v) is 2.17. The van der Waals surface area contributed by atoms with E-state index >= 15 is 0 Å². The topological polar surface area (TPSA) is 64.9 Å². The number of nitrogens with zero attached hydrogens (tertiary/aromatic N) is 2. The summed E-state index contributed by atoms with van der Waals surface area (Å²) in [6.45, 7) is 4.05. The van der Waals surface area contributed by atoms with Crippen molar-refractivity contribution in [2.45, 2.75) is 32.2 Å². The van der Waals surface area contributed by atoms with Crippen LogP contribution in [0.25, 0.3) is 11.4 Å². The van der Waals surface area contributed by atoms with Gasteiger partial charge in [-0.05, 0) is 18.6 Å². The van der Waals surface area contributed by atoms with E-state index in [1.807, 2.05) is 38.1 Å². The van der Waals surface area contributed by atoms with Gasteiger partial charge in [-0.15, -0.1) is 0 Å². The lowest BCUT2D eigenvalue weighted by molar-refractivity contribution is 0.340. The van der Waals surface area contributed by atoms with E-state index in [0.29, 0.717) is 11.7 Å². The summed E-state index contributed by atoms with van der Waals surface area (Å²) in [4.78, 5) is 4.42. The molecule has 2 atom stereocenters. The van der Waals surface area contributed by atoms with Crippen LogP contribution in [-0.4, -0.2) is 16.2 Å². The summed E-state index contributed by atoms with van der Waals surface area (Å²) in [5, 5.41) is 4.01. The zero-order valence-corrected chi connectivity index (χ0v) is 12.0. The highest BCUT2D eigenvalue weighted by atomic mass is 79.9. The smallest absolute Gasteiger partial charge is 0.231 e. The summed E-state index contributed by atoms with van der Waals surface area (Å²) in [6.07, 6.45) is 0.883. The van der Waals surface area contributed by atoms with E-state index in [1.165, 1.54) is 0 Å². The summed E-state index contributed by atoms with van der Waals surface area (Å²) >= 11 is 3.48. The maximum Gasteiger partial charge on any atom is 0.231 e. The monoisotopic (exact) mass is 309 g/mol. The molecule has 0 radical (unpaired) electrons. The molecule has 0 aliphatic rings. The van der Waals surface area contributed by atoms with Gasteiger partial charge in [-0.2, -0.15) is 4.98 Å². The number of nitrogens with two attached hydrogens (primary N) is 1. The Morgan fingerprint density at radius 1 is 1.39 bits per heavy atom. The Kier molecular flexibility index (Phi) is 4.14. The number of hydrogen-bond donors (Lipinski definition) is 1. The molecular formula is C13H16BrN3O. The minimum Gasteiger partial charge on any atom is -0.339 e. The van der Waals surface area contributed by atoms with Gasteiger partial charge < -0.3 is 10.3 Å². The first kappa shape index (κ1) is 13.2. The molecule has 2 rings (SSSR count). The zero-order valence-electron chi connectivity index (χ0n) is 10.4. The van der Waals surface area contributed by atoms with Gasteiger partial charge in [0.1, 0.15) is 0 Å². The van der Waals surface area contributed by atoms with Crippen molar-refractivity contribution in [3.63, 3.8) is 0 Å². The van der Waals surface area contributed by atoms with Crippen molar-refractivity contribution in [2.75, 3.05) is 0 Å². The Morgan fingerprint density at radius 3 is 2.78 bits per heavy atom. The highest BCUT2D eigenvalue weighted by Gasteiger charge is 2.20. The molecule has 2 N–H and O–H groups in total. The Hall–Kier alpha value is -1.20. The number of halogens is 1. The molecule has 0 fully saturated rings. The first-order valence-electron chi connectivity index (χ1n) is 5.97. The van der Waals surface area contributed by atoms with Gasteiger partial charge in [0.05, 0.1) is 5.92 Å². The first-order valence-corrected chi connectivity index (χ1v) is 6.76. The zero-order chi connectivity index (χ0) is 13.1. The van der Waals surface area contributed by atoms with Crippen LogP contribution < -0.4 is 5.73 Å². The Bertz CT molecular complexity index is 526. The van der Waals surface area contributed by atoms with Crippen LogP contribution in [-0.2, 0) is 0 Å².